The summed E-state index contributed by atoms with van der Waals surface area (Å²) in [5.41, 5.74) is 3.10. The summed E-state index contributed by atoms with van der Waals surface area (Å²) in [6, 6.07) is 6.59. The Labute approximate surface area is 150 Å². The van der Waals surface area contributed by atoms with E-state index in [1.165, 1.54) is 25.1 Å². The minimum Gasteiger partial charge on any atom is -0.307 e. The van der Waals surface area contributed by atoms with Crippen LogP contribution in [0.25, 0.3) is 0 Å². The number of rotatable bonds is 3. The second-order valence-electron chi connectivity index (χ2n) is 5.37. The van der Waals surface area contributed by atoms with Gasteiger partial charge < -0.3 is 5.32 Å². The van der Waals surface area contributed by atoms with E-state index in [-0.39, 0.29) is 22.5 Å². The average molecular weight is 382 g/mol. The Hall–Kier alpha value is -3.63. The molecule has 2 rings (SSSR count). The molecule has 0 fully saturated rings. The summed E-state index contributed by atoms with van der Waals surface area (Å²) >= 11 is 0. The predicted molar refractivity (Wildman–Crippen MR) is 88.9 cm³/mol. The molecule has 27 heavy (non-hydrogen) atoms. The molecule has 0 radical (unpaired) electrons. The van der Waals surface area contributed by atoms with Crippen molar-refractivity contribution < 1.29 is 27.7 Å². The molecule has 0 aliphatic rings. The van der Waals surface area contributed by atoms with Gasteiger partial charge in [-0.2, -0.15) is 13.2 Å². The molecule has 0 spiro atoms. The fraction of sp³-hybridized carbons (Fsp3) is 0.125. The third-order valence-electron chi connectivity index (χ3n) is 3.39. The Morgan fingerprint density at radius 3 is 2.37 bits per heavy atom. The van der Waals surface area contributed by atoms with Crippen LogP contribution in [0, 0.1) is 17.0 Å². The molecule has 2 aromatic carbocycles. The maximum Gasteiger partial charge on any atom is 0.416 e. The number of urea groups is 1. The highest BCUT2D eigenvalue weighted by atomic mass is 19.4. The Kier molecular flexibility index (Phi) is 5.63. The molecule has 0 aliphatic heterocycles. The van der Waals surface area contributed by atoms with Crippen LogP contribution in [0.5, 0.6) is 0 Å². The molecule has 8 nitrogen and oxygen atoms in total. The zero-order valence-corrected chi connectivity index (χ0v) is 13.8. The summed E-state index contributed by atoms with van der Waals surface area (Å²) in [5.74, 6) is -0.757. The van der Waals surface area contributed by atoms with Crippen LogP contribution in [-0.4, -0.2) is 16.9 Å². The van der Waals surface area contributed by atoms with Gasteiger partial charge in [0.1, 0.15) is 0 Å². The van der Waals surface area contributed by atoms with E-state index in [1.54, 1.807) is 0 Å². The van der Waals surface area contributed by atoms with Crippen molar-refractivity contribution >= 4 is 23.3 Å². The number of carbonyl (C=O) groups excluding carboxylic acids is 2. The highest BCUT2D eigenvalue weighted by Gasteiger charge is 2.30. The average Bonchev–Trinajstić information content (AvgIpc) is 2.58. The third-order valence-corrected chi connectivity index (χ3v) is 3.39. The van der Waals surface area contributed by atoms with Crippen molar-refractivity contribution in [3.63, 3.8) is 0 Å². The molecule has 0 aliphatic carbocycles. The second kappa shape index (κ2) is 7.72. The van der Waals surface area contributed by atoms with Crippen LogP contribution in [0.2, 0.25) is 0 Å². The summed E-state index contributed by atoms with van der Waals surface area (Å²) in [6.45, 7) is 1.45. The lowest BCUT2D eigenvalue weighted by atomic mass is 10.1. The maximum atomic E-state index is 12.6. The van der Waals surface area contributed by atoms with Gasteiger partial charge in [0.2, 0.25) is 0 Å². The number of nitrogens with one attached hydrogen (secondary N) is 3. The number of halogens is 3. The van der Waals surface area contributed by atoms with Crippen molar-refractivity contribution in [3.8, 4) is 0 Å². The molecule has 142 valence electrons. The second-order valence-corrected chi connectivity index (χ2v) is 5.37. The molecule has 0 saturated heterocycles. The number of hydrogen-bond acceptors (Lipinski definition) is 4. The summed E-state index contributed by atoms with van der Waals surface area (Å²) in [7, 11) is 0. The number of aryl methyl sites for hydroxylation is 1. The number of nitrogens with zero attached hydrogens (tertiary/aromatic N) is 1. The Balaban J connectivity index is 1.97. The van der Waals surface area contributed by atoms with E-state index in [0.717, 1.165) is 24.3 Å². The Morgan fingerprint density at radius 2 is 1.78 bits per heavy atom. The number of nitro benzene ring substituents is 1. The minimum atomic E-state index is -4.56. The highest BCUT2D eigenvalue weighted by Crippen LogP contribution is 2.30. The van der Waals surface area contributed by atoms with Crippen LogP contribution in [-0.2, 0) is 6.18 Å². The number of alkyl halides is 3. The van der Waals surface area contributed by atoms with Gasteiger partial charge in [0.05, 0.1) is 10.5 Å². The topological polar surface area (TPSA) is 113 Å². The normalized spacial score (nSPS) is 10.8. The molecule has 0 aromatic heterocycles. The molecule has 3 N–H and O–H groups in total. The van der Waals surface area contributed by atoms with Crippen LogP contribution < -0.4 is 16.2 Å². The van der Waals surface area contributed by atoms with E-state index in [2.05, 4.69) is 5.32 Å². The largest absolute Gasteiger partial charge is 0.416 e. The van der Waals surface area contributed by atoms with Crippen LogP contribution >= 0.6 is 0 Å². The van der Waals surface area contributed by atoms with E-state index in [4.69, 9.17) is 0 Å². The van der Waals surface area contributed by atoms with Gasteiger partial charge in [0.15, 0.2) is 0 Å². The fourth-order valence-corrected chi connectivity index (χ4v) is 2.12. The monoisotopic (exact) mass is 382 g/mol. The summed E-state index contributed by atoms with van der Waals surface area (Å²) in [4.78, 5) is 33.8. The number of nitro groups is 1. The highest BCUT2D eigenvalue weighted by molar-refractivity contribution is 5.97. The zero-order chi connectivity index (χ0) is 20.2. The summed E-state index contributed by atoms with van der Waals surface area (Å²) < 4.78 is 37.9. The predicted octanol–water partition coefficient (Wildman–Crippen LogP) is 3.39. The van der Waals surface area contributed by atoms with Crippen LogP contribution in [0.1, 0.15) is 21.5 Å². The molecule has 0 saturated carbocycles. The van der Waals surface area contributed by atoms with Crippen LogP contribution in [0.3, 0.4) is 0 Å². The van der Waals surface area contributed by atoms with Gasteiger partial charge in [-0.3, -0.25) is 20.3 Å². The van der Waals surface area contributed by atoms with Gasteiger partial charge in [-0.1, -0.05) is 6.07 Å². The van der Waals surface area contributed by atoms with E-state index in [9.17, 15) is 32.9 Å². The van der Waals surface area contributed by atoms with E-state index >= 15 is 0 Å². The molecule has 0 heterocycles. The summed E-state index contributed by atoms with van der Waals surface area (Å²) in [5, 5.41) is 12.9. The summed E-state index contributed by atoms with van der Waals surface area (Å²) in [6.07, 6.45) is -4.56. The quantitative estimate of drug-likeness (QED) is 0.558. The van der Waals surface area contributed by atoms with Crippen molar-refractivity contribution in [1.82, 2.24) is 10.9 Å². The number of amides is 3. The fourth-order valence-electron chi connectivity index (χ4n) is 2.12. The van der Waals surface area contributed by atoms with Crippen molar-refractivity contribution in [2.45, 2.75) is 13.1 Å². The first-order chi connectivity index (χ1) is 12.6. The van der Waals surface area contributed by atoms with Gasteiger partial charge in [-0.25, -0.2) is 10.2 Å². The number of carbonyl (C=O) groups is 2. The molecule has 0 bridgehead atoms. The van der Waals surface area contributed by atoms with Crippen LogP contribution in [0.4, 0.5) is 29.3 Å². The van der Waals surface area contributed by atoms with Crippen molar-refractivity contribution in [2.75, 3.05) is 5.32 Å². The number of anilines is 1. The van der Waals surface area contributed by atoms with Gasteiger partial charge in [0.25, 0.3) is 11.6 Å². The minimum absolute atomic E-state index is 0.0532. The lowest BCUT2D eigenvalue weighted by Gasteiger charge is -2.11. The van der Waals surface area contributed by atoms with E-state index in [0.29, 0.717) is 0 Å². The molecule has 0 unspecified atom stereocenters. The Morgan fingerprint density at radius 1 is 1.07 bits per heavy atom. The SMILES string of the molecule is Cc1cc(C(=O)NNC(=O)Nc2cccc(C(F)(F)F)c2)ccc1[N+](=O)[O-]. The number of hydrazine groups is 1. The van der Waals surface area contributed by atoms with E-state index in [1.807, 2.05) is 10.9 Å². The van der Waals surface area contributed by atoms with Gasteiger partial charge in [0, 0.05) is 22.9 Å². The molecule has 2 aromatic rings. The van der Waals surface area contributed by atoms with E-state index < -0.39 is 28.6 Å². The zero-order valence-electron chi connectivity index (χ0n) is 13.8. The van der Waals surface area contributed by atoms with Crippen LogP contribution in [0.15, 0.2) is 42.5 Å². The first-order valence-corrected chi connectivity index (χ1v) is 7.37. The molecule has 0 atom stereocenters. The van der Waals surface area contributed by atoms with Gasteiger partial charge >= 0.3 is 12.2 Å². The van der Waals surface area contributed by atoms with Crippen molar-refractivity contribution in [3.05, 3.63) is 69.3 Å². The molecular weight excluding hydrogens is 369 g/mol. The first kappa shape index (κ1) is 19.7. The number of benzene rings is 2. The smallest absolute Gasteiger partial charge is 0.307 e. The number of hydrogen-bond donors (Lipinski definition) is 3. The third kappa shape index (κ3) is 5.17. The molecular formula is C16H13F3N4O4. The van der Waals surface area contributed by atoms with Gasteiger partial charge in [-0.05, 0) is 37.3 Å². The standard InChI is InChI=1S/C16H13F3N4O4/c1-9-7-10(5-6-13(9)23(26)27)14(24)21-22-15(25)20-12-4-2-3-11(8-12)16(17,18)19/h2-8H,1H3,(H,21,24)(H2,20,22,25). The van der Waals surface area contributed by atoms with Crippen molar-refractivity contribution in [1.29, 1.82) is 0 Å². The first-order valence-electron chi connectivity index (χ1n) is 7.37. The Bertz CT molecular complexity index is 899. The molecule has 3 amide bonds. The van der Waals surface area contributed by atoms with Crippen molar-refractivity contribution in [2.24, 2.45) is 0 Å². The van der Waals surface area contributed by atoms with Gasteiger partial charge in [-0.15, -0.1) is 0 Å². The maximum absolute atomic E-state index is 12.6. The molecule has 11 heteroatoms. The lowest BCUT2D eigenvalue weighted by molar-refractivity contribution is -0.385. The lowest BCUT2D eigenvalue weighted by Crippen LogP contribution is -2.43.